The van der Waals surface area contributed by atoms with Gasteiger partial charge in [0.2, 0.25) is 0 Å². The molecule has 82 valence electrons. The summed E-state index contributed by atoms with van der Waals surface area (Å²) in [5, 5.41) is 19.1. The molecule has 0 amide bonds. The topological polar surface area (TPSA) is 57.5 Å². The SMILES string of the molecule is CC(CC=O)Cc1ccc(O)c(I)c1O. The second-order valence-electron chi connectivity index (χ2n) is 3.62. The summed E-state index contributed by atoms with van der Waals surface area (Å²) in [6.07, 6.45) is 2.00. The van der Waals surface area contributed by atoms with Gasteiger partial charge in [0.15, 0.2) is 0 Å². The molecule has 0 bridgehead atoms. The van der Waals surface area contributed by atoms with E-state index in [-0.39, 0.29) is 17.4 Å². The quantitative estimate of drug-likeness (QED) is 0.662. The third kappa shape index (κ3) is 3.09. The van der Waals surface area contributed by atoms with Crippen LogP contribution in [-0.4, -0.2) is 16.5 Å². The lowest BCUT2D eigenvalue weighted by molar-refractivity contribution is -0.108. The molecule has 0 saturated carbocycles. The van der Waals surface area contributed by atoms with Crippen LogP contribution in [0.4, 0.5) is 0 Å². The molecular weight excluding hydrogens is 307 g/mol. The number of carbonyl (C=O) groups excluding carboxylic acids is 1. The summed E-state index contributed by atoms with van der Waals surface area (Å²) in [4.78, 5) is 10.3. The zero-order valence-electron chi connectivity index (χ0n) is 8.40. The maximum Gasteiger partial charge on any atom is 0.135 e. The van der Waals surface area contributed by atoms with Crippen molar-refractivity contribution in [1.82, 2.24) is 0 Å². The fourth-order valence-corrected chi connectivity index (χ4v) is 1.91. The van der Waals surface area contributed by atoms with Gasteiger partial charge in [0.1, 0.15) is 17.8 Å². The highest BCUT2D eigenvalue weighted by Gasteiger charge is 2.12. The summed E-state index contributed by atoms with van der Waals surface area (Å²) in [6.45, 7) is 1.95. The van der Waals surface area contributed by atoms with Gasteiger partial charge in [-0.15, -0.1) is 0 Å². The van der Waals surface area contributed by atoms with Crippen LogP contribution in [0.2, 0.25) is 0 Å². The fourth-order valence-electron chi connectivity index (χ4n) is 1.38. The summed E-state index contributed by atoms with van der Waals surface area (Å²) in [7, 11) is 0. The standard InChI is InChI=1S/C11H13IO3/c1-7(4-5-13)6-8-2-3-9(14)10(12)11(8)15/h2-3,5,7,14-15H,4,6H2,1H3. The summed E-state index contributed by atoms with van der Waals surface area (Å²) in [5.41, 5.74) is 0.770. The highest BCUT2D eigenvalue weighted by molar-refractivity contribution is 14.1. The summed E-state index contributed by atoms with van der Waals surface area (Å²) < 4.78 is 0.461. The molecule has 0 heterocycles. The van der Waals surface area contributed by atoms with Crippen molar-refractivity contribution in [3.8, 4) is 11.5 Å². The molecule has 0 spiro atoms. The van der Waals surface area contributed by atoms with E-state index in [0.29, 0.717) is 16.4 Å². The normalized spacial score (nSPS) is 12.4. The first-order chi connectivity index (χ1) is 7.06. The van der Waals surface area contributed by atoms with E-state index in [1.165, 1.54) is 0 Å². The third-order valence-electron chi connectivity index (χ3n) is 2.25. The van der Waals surface area contributed by atoms with E-state index < -0.39 is 0 Å². The van der Waals surface area contributed by atoms with E-state index in [1.54, 1.807) is 12.1 Å². The smallest absolute Gasteiger partial charge is 0.135 e. The third-order valence-corrected chi connectivity index (χ3v) is 3.31. The van der Waals surface area contributed by atoms with E-state index in [4.69, 9.17) is 0 Å². The Morgan fingerprint density at radius 1 is 1.47 bits per heavy atom. The maximum atomic E-state index is 10.3. The van der Waals surface area contributed by atoms with Crippen LogP contribution in [0.1, 0.15) is 18.9 Å². The molecule has 0 fully saturated rings. The average molecular weight is 320 g/mol. The van der Waals surface area contributed by atoms with Crippen molar-refractivity contribution >= 4 is 28.9 Å². The van der Waals surface area contributed by atoms with Gasteiger partial charge in [0.25, 0.3) is 0 Å². The molecule has 0 aliphatic heterocycles. The number of carbonyl (C=O) groups is 1. The molecule has 1 rings (SSSR count). The van der Waals surface area contributed by atoms with Crippen LogP contribution in [-0.2, 0) is 11.2 Å². The Kier molecular flexibility index (Phi) is 4.38. The van der Waals surface area contributed by atoms with Crippen LogP contribution in [0.5, 0.6) is 11.5 Å². The van der Waals surface area contributed by atoms with Gasteiger partial charge < -0.3 is 15.0 Å². The van der Waals surface area contributed by atoms with Gasteiger partial charge in [-0.25, -0.2) is 0 Å². The molecule has 0 aliphatic carbocycles. The lowest BCUT2D eigenvalue weighted by Crippen LogP contribution is -2.01. The number of rotatable bonds is 4. The minimum atomic E-state index is 0.0832. The Bertz CT molecular complexity index is 363. The molecular formula is C11H13IO3. The Morgan fingerprint density at radius 3 is 2.73 bits per heavy atom. The molecule has 1 unspecified atom stereocenters. The Morgan fingerprint density at radius 2 is 2.13 bits per heavy atom. The molecule has 1 atom stereocenters. The summed E-state index contributed by atoms with van der Waals surface area (Å²) in [5.74, 6) is 0.405. The average Bonchev–Trinajstić information content (AvgIpc) is 2.20. The fraction of sp³-hybridized carbons (Fsp3) is 0.364. The minimum Gasteiger partial charge on any atom is -0.507 e. The second kappa shape index (κ2) is 5.34. The van der Waals surface area contributed by atoms with Crippen molar-refractivity contribution in [2.45, 2.75) is 19.8 Å². The monoisotopic (exact) mass is 320 g/mol. The lowest BCUT2D eigenvalue weighted by atomic mass is 9.98. The number of phenolic OH excluding ortho intramolecular Hbond substituents is 2. The van der Waals surface area contributed by atoms with Crippen molar-refractivity contribution in [2.24, 2.45) is 5.92 Å². The number of benzene rings is 1. The molecule has 1 aromatic carbocycles. The highest BCUT2D eigenvalue weighted by Crippen LogP contribution is 2.33. The predicted molar refractivity (Wildman–Crippen MR) is 66.0 cm³/mol. The predicted octanol–water partition coefficient (Wildman–Crippen LogP) is 2.47. The van der Waals surface area contributed by atoms with Gasteiger partial charge in [0, 0.05) is 6.42 Å². The van der Waals surface area contributed by atoms with Gasteiger partial charge in [-0.3, -0.25) is 0 Å². The zero-order valence-corrected chi connectivity index (χ0v) is 10.6. The highest BCUT2D eigenvalue weighted by atomic mass is 127. The first-order valence-electron chi connectivity index (χ1n) is 4.69. The molecule has 3 nitrogen and oxygen atoms in total. The van der Waals surface area contributed by atoms with Crippen LogP contribution in [0, 0.1) is 9.49 Å². The van der Waals surface area contributed by atoms with Crippen LogP contribution in [0.25, 0.3) is 0 Å². The Hall–Kier alpha value is -0.780. The number of phenols is 2. The molecule has 0 aromatic heterocycles. The molecule has 15 heavy (non-hydrogen) atoms. The van der Waals surface area contributed by atoms with Gasteiger partial charge >= 0.3 is 0 Å². The molecule has 4 heteroatoms. The van der Waals surface area contributed by atoms with Crippen LogP contribution in [0.3, 0.4) is 0 Å². The number of aldehydes is 1. The van der Waals surface area contributed by atoms with Crippen molar-refractivity contribution in [3.63, 3.8) is 0 Å². The van der Waals surface area contributed by atoms with Crippen LogP contribution < -0.4 is 0 Å². The van der Waals surface area contributed by atoms with E-state index >= 15 is 0 Å². The second-order valence-corrected chi connectivity index (χ2v) is 4.70. The summed E-state index contributed by atoms with van der Waals surface area (Å²) in [6, 6.07) is 3.25. The van der Waals surface area contributed by atoms with Crippen molar-refractivity contribution in [2.75, 3.05) is 0 Å². The van der Waals surface area contributed by atoms with Crippen molar-refractivity contribution in [3.05, 3.63) is 21.3 Å². The Labute approximate surface area is 102 Å². The van der Waals surface area contributed by atoms with E-state index in [0.717, 1.165) is 11.8 Å². The first kappa shape index (κ1) is 12.3. The molecule has 0 saturated heterocycles. The van der Waals surface area contributed by atoms with Gasteiger partial charge in [-0.1, -0.05) is 13.0 Å². The number of hydrogen-bond acceptors (Lipinski definition) is 3. The number of hydrogen-bond donors (Lipinski definition) is 2. The molecule has 2 N–H and O–H groups in total. The zero-order chi connectivity index (χ0) is 11.4. The van der Waals surface area contributed by atoms with Crippen LogP contribution >= 0.6 is 22.6 Å². The van der Waals surface area contributed by atoms with E-state index in [1.807, 2.05) is 29.5 Å². The van der Waals surface area contributed by atoms with E-state index in [2.05, 4.69) is 0 Å². The van der Waals surface area contributed by atoms with Gasteiger partial charge in [0.05, 0.1) is 3.57 Å². The van der Waals surface area contributed by atoms with Crippen molar-refractivity contribution < 1.29 is 15.0 Å². The van der Waals surface area contributed by atoms with E-state index in [9.17, 15) is 15.0 Å². The Balaban J connectivity index is 2.86. The molecule has 0 radical (unpaired) electrons. The minimum absolute atomic E-state index is 0.0832. The van der Waals surface area contributed by atoms with Gasteiger partial charge in [-0.2, -0.15) is 0 Å². The lowest BCUT2D eigenvalue weighted by Gasteiger charge is -2.11. The summed E-state index contributed by atoms with van der Waals surface area (Å²) >= 11 is 1.89. The van der Waals surface area contributed by atoms with Crippen LogP contribution in [0.15, 0.2) is 12.1 Å². The number of halogens is 1. The first-order valence-corrected chi connectivity index (χ1v) is 5.77. The maximum absolute atomic E-state index is 10.3. The molecule has 1 aromatic rings. The van der Waals surface area contributed by atoms with Gasteiger partial charge in [-0.05, 0) is 46.6 Å². The molecule has 0 aliphatic rings. The largest absolute Gasteiger partial charge is 0.507 e. The number of aromatic hydroxyl groups is 2. The van der Waals surface area contributed by atoms with Crippen molar-refractivity contribution in [1.29, 1.82) is 0 Å².